The Labute approximate surface area is 199 Å². The number of nitrogens with zero attached hydrogens (tertiary/aromatic N) is 2. The molecule has 0 fully saturated rings. The largest absolute Gasteiger partial charge is 0.486 e. The molecule has 3 aromatic carbocycles. The molecule has 4 aromatic rings. The van der Waals surface area contributed by atoms with Crippen molar-refractivity contribution in [3.8, 4) is 11.5 Å². The number of rotatable bonds is 6. The van der Waals surface area contributed by atoms with Crippen molar-refractivity contribution >= 4 is 40.1 Å². The van der Waals surface area contributed by atoms with Crippen molar-refractivity contribution < 1.29 is 24.2 Å². The van der Waals surface area contributed by atoms with Crippen molar-refractivity contribution in [3.63, 3.8) is 0 Å². The molecule has 0 spiro atoms. The number of benzene rings is 3. The van der Waals surface area contributed by atoms with Crippen LogP contribution in [-0.2, 0) is 11.2 Å². The first-order valence-electron chi connectivity index (χ1n) is 10.7. The van der Waals surface area contributed by atoms with Crippen molar-refractivity contribution in [1.29, 1.82) is 0 Å². The zero-order valence-corrected chi connectivity index (χ0v) is 19.1. The maximum absolute atomic E-state index is 13.8. The van der Waals surface area contributed by atoms with Crippen LogP contribution in [0.1, 0.15) is 27.0 Å². The van der Waals surface area contributed by atoms with Crippen LogP contribution in [0.15, 0.2) is 66.2 Å². The number of ketones is 1. The first-order valence-corrected chi connectivity index (χ1v) is 11.4. The van der Waals surface area contributed by atoms with Crippen LogP contribution in [0.3, 0.4) is 0 Å². The minimum Gasteiger partial charge on any atom is -0.486 e. The number of hydrogen-bond acceptors (Lipinski definition) is 7. The molecule has 1 aromatic heterocycles. The average Bonchev–Trinajstić information content (AvgIpc) is 3.32. The molecule has 2 heterocycles. The molecule has 0 bridgehead atoms. The Bertz CT molecular complexity index is 1440. The van der Waals surface area contributed by atoms with Gasteiger partial charge in [0.25, 0.3) is 0 Å². The van der Waals surface area contributed by atoms with Crippen molar-refractivity contribution in [1.82, 2.24) is 8.75 Å². The van der Waals surface area contributed by atoms with E-state index in [2.05, 4.69) is 8.75 Å². The van der Waals surface area contributed by atoms with E-state index in [0.29, 0.717) is 46.9 Å². The van der Waals surface area contributed by atoms with E-state index in [1.54, 1.807) is 36.4 Å². The Morgan fingerprint density at radius 2 is 1.59 bits per heavy atom. The van der Waals surface area contributed by atoms with Crippen LogP contribution in [-0.4, -0.2) is 38.8 Å². The van der Waals surface area contributed by atoms with E-state index < -0.39 is 5.97 Å². The van der Waals surface area contributed by atoms with E-state index in [9.17, 15) is 14.7 Å². The third kappa shape index (κ3) is 4.27. The lowest BCUT2D eigenvalue weighted by Gasteiger charge is -2.19. The number of Topliss-reactive ketones (excluding diaryl/α,β-unsaturated/α-hetero) is 1. The van der Waals surface area contributed by atoms with Crippen LogP contribution in [0.2, 0.25) is 0 Å². The maximum atomic E-state index is 13.8. The first kappa shape index (κ1) is 21.8. The van der Waals surface area contributed by atoms with Crippen LogP contribution in [0, 0.1) is 6.92 Å². The van der Waals surface area contributed by atoms with Gasteiger partial charge in [0.15, 0.2) is 17.3 Å². The quantitative estimate of drug-likeness (QED) is 0.320. The second-order valence-electron chi connectivity index (χ2n) is 7.98. The number of ether oxygens (including phenoxy) is 2. The minimum atomic E-state index is -1.18. The summed E-state index contributed by atoms with van der Waals surface area (Å²) in [4.78, 5) is 26.3. The van der Waals surface area contributed by atoms with Crippen molar-refractivity contribution in [2.75, 3.05) is 13.2 Å². The Balaban J connectivity index is 1.66. The normalized spacial score (nSPS) is 13.4. The molecule has 170 valence electrons. The monoisotopic (exact) mass is 472 g/mol. The molecular formula is C26H20N2O5S. The Hall–Kier alpha value is -4.04. The Morgan fingerprint density at radius 3 is 2.35 bits per heavy atom. The summed E-state index contributed by atoms with van der Waals surface area (Å²) in [7, 11) is 0. The fraction of sp³-hybridized carbons (Fsp3) is 0.154. The molecule has 0 atom stereocenters. The zero-order valence-electron chi connectivity index (χ0n) is 18.3. The van der Waals surface area contributed by atoms with Crippen molar-refractivity contribution in [2.24, 2.45) is 0 Å². The fourth-order valence-electron chi connectivity index (χ4n) is 3.92. The number of carboxylic acid groups (broad SMARTS) is 1. The lowest BCUT2D eigenvalue weighted by Crippen LogP contribution is -2.17. The zero-order chi connectivity index (χ0) is 23.7. The number of carboxylic acids is 1. The number of fused-ring (bicyclic) bond motifs is 2. The number of allylic oxidation sites excluding steroid dienone is 1. The second kappa shape index (κ2) is 9.07. The summed E-state index contributed by atoms with van der Waals surface area (Å²) in [5.74, 6) is -0.535. The van der Waals surface area contributed by atoms with E-state index >= 15 is 0 Å². The third-order valence-corrected chi connectivity index (χ3v) is 6.19. The molecule has 0 amide bonds. The van der Waals surface area contributed by atoms with Gasteiger partial charge in [-0.2, -0.15) is 8.75 Å². The number of hydrogen-bond donors (Lipinski definition) is 1. The number of aromatic nitrogens is 2. The summed E-state index contributed by atoms with van der Waals surface area (Å²) in [5, 5.41) is 10.2. The molecule has 0 aliphatic carbocycles. The van der Waals surface area contributed by atoms with Gasteiger partial charge in [0.1, 0.15) is 24.2 Å². The summed E-state index contributed by atoms with van der Waals surface area (Å²) in [6, 6.07) is 17.7. The maximum Gasteiger partial charge on any atom is 0.336 e. The molecule has 8 heteroatoms. The van der Waals surface area contributed by atoms with Gasteiger partial charge in [0.2, 0.25) is 0 Å². The predicted molar refractivity (Wildman–Crippen MR) is 129 cm³/mol. The molecule has 7 nitrogen and oxygen atoms in total. The van der Waals surface area contributed by atoms with E-state index in [1.807, 2.05) is 31.2 Å². The first-order chi connectivity index (χ1) is 16.5. The van der Waals surface area contributed by atoms with Gasteiger partial charge in [-0.05, 0) is 48.4 Å². The molecule has 1 aliphatic rings. The van der Waals surface area contributed by atoms with Crippen LogP contribution < -0.4 is 9.47 Å². The van der Waals surface area contributed by atoms with Gasteiger partial charge in [-0.3, -0.25) is 4.79 Å². The molecule has 0 saturated heterocycles. The van der Waals surface area contributed by atoms with Gasteiger partial charge >= 0.3 is 5.97 Å². The number of aryl methyl sites for hydroxylation is 1. The highest BCUT2D eigenvalue weighted by molar-refractivity contribution is 7.00. The summed E-state index contributed by atoms with van der Waals surface area (Å²) in [5.41, 5.74) is 4.03. The minimum absolute atomic E-state index is 0.0598. The molecule has 5 rings (SSSR count). The summed E-state index contributed by atoms with van der Waals surface area (Å²) in [6.45, 7) is 2.80. The topological polar surface area (TPSA) is 98.6 Å². The van der Waals surface area contributed by atoms with Gasteiger partial charge in [-0.15, -0.1) is 0 Å². The van der Waals surface area contributed by atoms with E-state index in [1.165, 1.54) is 0 Å². The van der Waals surface area contributed by atoms with Gasteiger partial charge < -0.3 is 14.6 Å². The van der Waals surface area contributed by atoms with Gasteiger partial charge in [0.05, 0.1) is 17.3 Å². The summed E-state index contributed by atoms with van der Waals surface area (Å²) >= 11 is 1.05. The lowest BCUT2D eigenvalue weighted by atomic mass is 9.89. The van der Waals surface area contributed by atoms with Crippen LogP contribution >= 0.6 is 11.7 Å². The smallest absolute Gasteiger partial charge is 0.336 e. The fourth-order valence-corrected chi connectivity index (χ4v) is 4.43. The van der Waals surface area contributed by atoms with E-state index in [4.69, 9.17) is 9.47 Å². The average molecular weight is 473 g/mol. The van der Waals surface area contributed by atoms with Gasteiger partial charge in [-0.25, -0.2) is 4.79 Å². The molecule has 0 radical (unpaired) electrons. The highest BCUT2D eigenvalue weighted by atomic mass is 32.1. The van der Waals surface area contributed by atoms with Gasteiger partial charge in [-0.1, -0.05) is 35.9 Å². The molecule has 1 N–H and O–H groups in total. The lowest BCUT2D eigenvalue weighted by molar-refractivity contribution is -0.130. The molecule has 34 heavy (non-hydrogen) atoms. The Morgan fingerprint density at radius 1 is 0.882 bits per heavy atom. The summed E-state index contributed by atoms with van der Waals surface area (Å²) in [6.07, 6.45) is 0.155. The van der Waals surface area contributed by atoms with E-state index in [0.717, 1.165) is 22.9 Å². The molecule has 0 saturated carbocycles. The highest BCUT2D eigenvalue weighted by Gasteiger charge is 2.25. The molecular weight excluding hydrogens is 452 g/mol. The predicted octanol–water partition coefficient (Wildman–Crippen LogP) is 4.73. The second-order valence-corrected chi connectivity index (χ2v) is 8.50. The van der Waals surface area contributed by atoms with Gasteiger partial charge in [0, 0.05) is 17.6 Å². The Kier molecular flexibility index (Phi) is 5.81. The van der Waals surface area contributed by atoms with Crippen molar-refractivity contribution in [3.05, 3.63) is 88.5 Å². The van der Waals surface area contributed by atoms with E-state index in [-0.39, 0.29) is 23.4 Å². The summed E-state index contributed by atoms with van der Waals surface area (Å²) < 4.78 is 19.6. The molecule has 1 aliphatic heterocycles. The highest BCUT2D eigenvalue weighted by Crippen LogP contribution is 2.33. The number of carbonyl (C=O) groups is 2. The number of aliphatic carboxylic acids is 1. The van der Waals surface area contributed by atoms with Crippen molar-refractivity contribution in [2.45, 2.75) is 13.3 Å². The molecule has 0 unspecified atom stereocenters. The SMILES string of the molecule is Cc1ccc(C/C(C(=O)c2ccc3c(c2)OCCO3)=C(\C(=O)O)c2ccc3nsnc3c2)cc1. The van der Waals surface area contributed by atoms with Crippen LogP contribution in [0.5, 0.6) is 11.5 Å². The standard InChI is InChI=1S/C26H20N2O5S/c1-15-2-4-16(5-3-15)12-19(25(29)18-7-9-22-23(14-18)33-11-10-32-22)24(26(30)31)17-6-8-20-21(13-17)28-34-27-20/h2-9,13-14H,10-12H2,1H3,(H,30,31)/b24-19+. The number of carbonyl (C=O) groups excluding carboxylic acids is 1. The van der Waals surface area contributed by atoms with Crippen LogP contribution in [0.25, 0.3) is 16.6 Å². The third-order valence-electron chi connectivity index (χ3n) is 5.64. The van der Waals surface area contributed by atoms with Crippen LogP contribution in [0.4, 0.5) is 0 Å².